The standard InChI is InChI=1S/C23H28O2/c1-17(14-15-21-18(2)10-8-16-23(21,3)4)9-7-12-19-11-5-6-13-20(19)22(24)25/h5-7,9,11-15H,8,10,16H2,1-4H3,(H,24,25)/b12-7+,15-14?,17-9?. The molecule has 0 radical (unpaired) electrons. The molecule has 1 N–H and O–H groups in total. The molecule has 1 aromatic rings. The summed E-state index contributed by atoms with van der Waals surface area (Å²) in [7, 11) is 0. The highest BCUT2D eigenvalue weighted by Crippen LogP contribution is 2.40. The van der Waals surface area contributed by atoms with E-state index < -0.39 is 5.97 Å². The van der Waals surface area contributed by atoms with E-state index in [1.807, 2.05) is 30.4 Å². The molecule has 2 rings (SSSR count). The highest BCUT2D eigenvalue weighted by molar-refractivity contribution is 5.92. The van der Waals surface area contributed by atoms with Gasteiger partial charge in [0.1, 0.15) is 0 Å². The van der Waals surface area contributed by atoms with E-state index >= 15 is 0 Å². The zero-order valence-electron chi connectivity index (χ0n) is 15.7. The predicted octanol–water partition coefficient (Wildman–Crippen LogP) is 6.43. The third-order valence-electron chi connectivity index (χ3n) is 4.88. The number of carboxylic acids is 1. The zero-order chi connectivity index (χ0) is 18.4. The van der Waals surface area contributed by atoms with E-state index in [1.54, 1.807) is 12.1 Å². The molecule has 0 unspecified atom stereocenters. The Morgan fingerprint density at radius 1 is 1.20 bits per heavy atom. The van der Waals surface area contributed by atoms with Crippen molar-refractivity contribution in [2.75, 3.05) is 0 Å². The Hall–Kier alpha value is -2.35. The Kier molecular flexibility index (Phi) is 6.19. The van der Waals surface area contributed by atoms with Gasteiger partial charge in [0.05, 0.1) is 5.56 Å². The van der Waals surface area contributed by atoms with Gasteiger partial charge in [0, 0.05) is 0 Å². The van der Waals surface area contributed by atoms with Gasteiger partial charge in [0.15, 0.2) is 0 Å². The number of allylic oxidation sites excluding steroid dienone is 7. The molecule has 0 amide bonds. The minimum absolute atomic E-state index is 0.245. The summed E-state index contributed by atoms with van der Waals surface area (Å²) in [6.45, 7) is 8.94. The molecule has 1 aliphatic rings. The summed E-state index contributed by atoms with van der Waals surface area (Å²) in [4.78, 5) is 11.2. The highest BCUT2D eigenvalue weighted by atomic mass is 16.4. The van der Waals surface area contributed by atoms with E-state index in [0.717, 1.165) is 11.1 Å². The Balaban J connectivity index is 2.14. The van der Waals surface area contributed by atoms with Crippen LogP contribution < -0.4 is 0 Å². The van der Waals surface area contributed by atoms with Crippen molar-refractivity contribution in [2.45, 2.75) is 47.0 Å². The molecule has 0 aromatic heterocycles. The van der Waals surface area contributed by atoms with Crippen LogP contribution in [-0.4, -0.2) is 11.1 Å². The van der Waals surface area contributed by atoms with Gasteiger partial charge in [0.2, 0.25) is 0 Å². The minimum atomic E-state index is -0.900. The van der Waals surface area contributed by atoms with Crippen molar-refractivity contribution in [1.29, 1.82) is 0 Å². The van der Waals surface area contributed by atoms with Crippen molar-refractivity contribution >= 4 is 12.0 Å². The van der Waals surface area contributed by atoms with Crippen molar-refractivity contribution in [3.8, 4) is 0 Å². The fourth-order valence-electron chi connectivity index (χ4n) is 3.42. The van der Waals surface area contributed by atoms with Gasteiger partial charge in [-0.1, -0.05) is 73.6 Å². The van der Waals surface area contributed by atoms with Gasteiger partial charge in [-0.3, -0.25) is 0 Å². The number of aromatic carboxylic acids is 1. The van der Waals surface area contributed by atoms with E-state index in [0.29, 0.717) is 5.56 Å². The molecule has 2 heteroatoms. The molecule has 0 saturated carbocycles. The molecule has 1 aliphatic carbocycles. The number of benzene rings is 1. The molecule has 1 aromatic carbocycles. The van der Waals surface area contributed by atoms with Crippen LogP contribution in [0.15, 0.2) is 65.3 Å². The highest BCUT2D eigenvalue weighted by Gasteiger charge is 2.26. The first-order valence-electron chi connectivity index (χ1n) is 8.87. The summed E-state index contributed by atoms with van der Waals surface area (Å²) in [5.41, 5.74) is 5.37. The lowest BCUT2D eigenvalue weighted by atomic mass is 9.72. The number of carbonyl (C=O) groups is 1. The van der Waals surface area contributed by atoms with Gasteiger partial charge >= 0.3 is 5.97 Å². The summed E-state index contributed by atoms with van der Waals surface area (Å²) in [5, 5.41) is 9.21. The molecule has 0 fully saturated rings. The first-order chi connectivity index (χ1) is 11.8. The third kappa shape index (κ3) is 5.06. The van der Waals surface area contributed by atoms with Crippen LogP contribution in [0.25, 0.3) is 6.08 Å². The third-order valence-corrected chi connectivity index (χ3v) is 4.88. The number of carboxylic acid groups (broad SMARTS) is 1. The van der Waals surface area contributed by atoms with Gasteiger partial charge in [-0.25, -0.2) is 4.79 Å². The van der Waals surface area contributed by atoms with Crippen LogP contribution in [0, 0.1) is 5.41 Å². The van der Waals surface area contributed by atoms with Gasteiger partial charge in [-0.05, 0) is 55.7 Å². The fraction of sp³-hybridized carbons (Fsp3) is 0.348. The van der Waals surface area contributed by atoms with Crippen LogP contribution in [-0.2, 0) is 0 Å². The summed E-state index contributed by atoms with van der Waals surface area (Å²) in [5.74, 6) is -0.900. The maximum Gasteiger partial charge on any atom is 0.336 e. The second-order valence-corrected chi connectivity index (χ2v) is 7.43. The van der Waals surface area contributed by atoms with Crippen molar-refractivity contribution < 1.29 is 9.90 Å². The summed E-state index contributed by atoms with van der Waals surface area (Å²) in [6, 6.07) is 7.03. The van der Waals surface area contributed by atoms with Gasteiger partial charge in [-0.15, -0.1) is 0 Å². The summed E-state index contributed by atoms with van der Waals surface area (Å²) < 4.78 is 0. The SMILES string of the molecule is CC(C=CC1=C(C)CCCC1(C)C)=C/C=C/c1ccccc1C(=O)O. The molecule has 2 nitrogen and oxygen atoms in total. The molecule has 132 valence electrons. The van der Waals surface area contributed by atoms with E-state index in [9.17, 15) is 9.90 Å². The molecule has 0 spiro atoms. The molecular weight excluding hydrogens is 308 g/mol. The van der Waals surface area contributed by atoms with Crippen LogP contribution in [0.2, 0.25) is 0 Å². The van der Waals surface area contributed by atoms with E-state index in [2.05, 4.69) is 39.8 Å². The van der Waals surface area contributed by atoms with Crippen LogP contribution in [0.3, 0.4) is 0 Å². The number of hydrogen-bond donors (Lipinski definition) is 1. The van der Waals surface area contributed by atoms with Crippen molar-refractivity contribution in [3.05, 3.63) is 76.4 Å². The van der Waals surface area contributed by atoms with Gasteiger partial charge in [0.25, 0.3) is 0 Å². The largest absolute Gasteiger partial charge is 0.478 e. The van der Waals surface area contributed by atoms with E-state index in [1.165, 1.54) is 30.4 Å². The van der Waals surface area contributed by atoms with Crippen molar-refractivity contribution in [1.82, 2.24) is 0 Å². The minimum Gasteiger partial charge on any atom is -0.478 e. The normalized spacial score (nSPS) is 18.3. The topological polar surface area (TPSA) is 37.3 Å². The van der Waals surface area contributed by atoms with Crippen molar-refractivity contribution in [2.24, 2.45) is 5.41 Å². The fourth-order valence-corrected chi connectivity index (χ4v) is 3.42. The Labute approximate surface area is 151 Å². The first kappa shape index (κ1) is 19.0. The van der Waals surface area contributed by atoms with Crippen molar-refractivity contribution in [3.63, 3.8) is 0 Å². The zero-order valence-corrected chi connectivity index (χ0v) is 15.7. The number of hydrogen-bond acceptors (Lipinski definition) is 1. The molecule has 25 heavy (non-hydrogen) atoms. The van der Waals surface area contributed by atoms with E-state index in [-0.39, 0.29) is 5.41 Å². The average molecular weight is 336 g/mol. The molecule has 0 atom stereocenters. The lowest BCUT2D eigenvalue weighted by molar-refractivity contribution is 0.0696. The Morgan fingerprint density at radius 3 is 2.60 bits per heavy atom. The van der Waals surface area contributed by atoms with Crippen LogP contribution in [0.1, 0.15) is 62.9 Å². The smallest absolute Gasteiger partial charge is 0.336 e. The molecule has 0 bridgehead atoms. The molecule has 0 aliphatic heterocycles. The second-order valence-electron chi connectivity index (χ2n) is 7.43. The summed E-state index contributed by atoms with van der Waals surface area (Å²) >= 11 is 0. The molecular formula is C23H28O2. The maximum atomic E-state index is 11.2. The average Bonchev–Trinajstić information content (AvgIpc) is 2.54. The lowest BCUT2D eigenvalue weighted by Crippen LogP contribution is -2.19. The number of rotatable bonds is 5. The quantitative estimate of drug-likeness (QED) is 0.629. The van der Waals surface area contributed by atoms with Crippen LogP contribution >= 0.6 is 0 Å². The monoisotopic (exact) mass is 336 g/mol. The molecule has 0 saturated heterocycles. The summed E-state index contributed by atoms with van der Waals surface area (Å²) in [6.07, 6.45) is 13.9. The Bertz CT molecular complexity index is 758. The Morgan fingerprint density at radius 2 is 1.92 bits per heavy atom. The lowest BCUT2D eigenvalue weighted by Gasteiger charge is -2.32. The molecule has 0 heterocycles. The predicted molar refractivity (Wildman–Crippen MR) is 106 cm³/mol. The first-order valence-corrected chi connectivity index (χ1v) is 8.87. The van der Waals surface area contributed by atoms with E-state index in [4.69, 9.17) is 0 Å². The second kappa shape index (κ2) is 8.15. The van der Waals surface area contributed by atoms with Gasteiger partial charge < -0.3 is 5.11 Å². The van der Waals surface area contributed by atoms with Crippen LogP contribution in [0.4, 0.5) is 0 Å². The maximum absolute atomic E-state index is 11.2. The van der Waals surface area contributed by atoms with Crippen LogP contribution in [0.5, 0.6) is 0 Å². The van der Waals surface area contributed by atoms with Gasteiger partial charge in [-0.2, -0.15) is 0 Å².